The van der Waals surface area contributed by atoms with Gasteiger partial charge in [-0.2, -0.15) is 0 Å². The molecule has 0 saturated heterocycles. The fourth-order valence-electron chi connectivity index (χ4n) is 0.275. The molecule has 0 aromatic heterocycles. The highest BCUT2D eigenvalue weighted by atomic mass is 16.4. The minimum Gasteiger partial charge on any atom is -0.480 e. The van der Waals surface area contributed by atoms with Crippen molar-refractivity contribution in [3.8, 4) is 0 Å². The zero-order valence-electron chi connectivity index (χ0n) is 7.19. The molecule has 74 valence electrons. The van der Waals surface area contributed by atoms with Crippen molar-refractivity contribution in [3.05, 3.63) is 24.8 Å². The molecule has 0 bridgehead atoms. The van der Waals surface area contributed by atoms with Crippen molar-refractivity contribution < 1.29 is 19.8 Å². The Morgan fingerprint density at radius 1 is 1.46 bits per heavy atom. The number of allylic oxidation sites excluding steroid dienone is 1. The van der Waals surface area contributed by atoms with Crippen LogP contribution in [0.1, 0.15) is 6.42 Å². The number of aliphatic carboxylic acids is 1. The van der Waals surface area contributed by atoms with Gasteiger partial charge < -0.3 is 15.9 Å². The molecule has 5 heteroatoms. The lowest BCUT2D eigenvalue weighted by Gasteiger charge is -1.90. The first-order chi connectivity index (χ1) is 5.95. The lowest BCUT2D eigenvalue weighted by Crippen LogP contribution is -2.12. The second kappa shape index (κ2) is 8.48. The van der Waals surface area contributed by atoms with Crippen molar-refractivity contribution in [1.82, 2.24) is 0 Å². The monoisotopic (exact) mass is 187 g/mol. The number of carbonyl (C=O) groups is 2. The number of carboxylic acid groups (broad SMARTS) is 1. The third-order valence-electron chi connectivity index (χ3n) is 0.874. The van der Waals surface area contributed by atoms with Crippen molar-refractivity contribution in [2.45, 2.75) is 6.42 Å². The summed E-state index contributed by atoms with van der Waals surface area (Å²) >= 11 is 0. The van der Waals surface area contributed by atoms with Crippen LogP contribution in [0.4, 0.5) is 0 Å². The van der Waals surface area contributed by atoms with Gasteiger partial charge in [0, 0.05) is 5.57 Å². The van der Waals surface area contributed by atoms with Crippen LogP contribution in [0.2, 0.25) is 0 Å². The number of hydrogen-bond donors (Lipinski definition) is 3. The van der Waals surface area contributed by atoms with E-state index in [2.05, 4.69) is 13.2 Å². The zero-order chi connectivity index (χ0) is 10.9. The molecule has 13 heavy (non-hydrogen) atoms. The fourth-order valence-corrected chi connectivity index (χ4v) is 0.275. The average Bonchev–Trinajstić information content (AvgIpc) is 2.06. The summed E-state index contributed by atoms with van der Waals surface area (Å²) in [6.45, 7) is 6.03. The number of aliphatic hydroxyl groups excluding tert-OH is 1. The number of aliphatic hydroxyl groups is 1. The predicted octanol–water partition coefficient (Wildman–Crippen LogP) is -0.333. The van der Waals surface area contributed by atoms with Gasteiger partial charge in [-0.25, -0.2) is 4.79 Å². The summed E-state index contributed by atoms with van der Waals surface area (Å²) in [5, 5.41) is 15.0. The number of carboxylic acids is 1. The summed E-state index contributed by atoms with van der Waals surface area (Å²) in [5.41, 5.74) is 5.24. The molecule has 0 aliphatic carbocycles. The van der Waals surface area contributed by atoms with Crippen LogP contribution in [-0.4, -0.2) is 28.7 Å². The van der Waals surface area contributed by atoms with E-state index in [0.717, 1.165) is 0 Å². The molecule has 0 heterocycles. The van der Waals surface area contributed by atoms with E-state index in [4.69, 9.17) is 20.7 Å². The summed E-state index contributed by atoms with van der Waals surface area (Å²) in [4.78, 5) is 19.3. The second-order valence-corrected chi connectivity index (χ2v) is 2.01. The Kier molecular flexibility index (Phi) is 9.09. The molecule has 0 saturated carbocycles. The molecule has 0 unspecified atom stereocenters. The SMILES string of the molecule is C=CCC(=C)C(N)=O.O=C(O)CO. The van der Waals surface area contributed by atoms with Crippen LogP contribution >= 0.6 is 0 Å². The Morgan fingerprint density at radius 3 is 1.92 bits per heavy atom. The molecule has 0 atom stereocenters. The number of hydrogen-bond acceptors (Lipinski definition) is 3. The molecule has 0 fully saturated rings. The summed E-state index contributed by atoms with van der Waals surface area (Å²) in [6, 6.07) is 0. The lowest BCUT2D eigenvalue weighted by atomic mass is 10.2. The average molecular weight is 187 g/mol. The Bertz CT molecular complexity index is 210. The zero-order valence-corrected chi connectivity index (χ0v) is 7.19. The first-order valence-electron chi connectivity index (χ1n) is 3.36. The third-order valence-corrected chi connectivity index (χ3v) is 0.874. The lowest BCUT2D eigenvalue weighted by molar-refractivity contribution is -0.140. The van der Waals surface area contributed by atoms with Crippen molar-refractivity contribution in [3.63, 3.8) is 0 Å². The number of rotatable bonds is 4. The van der Waals surface area contributed by atoms with E-state index in [9.17, 15) is 4.79 Å². The molecule has 0 rings (SSSR count). The molecule has 4 N–H and O–H groups in total. The largest absolute Gasteiger partial charge is 0.480 e. The summed E-state index contributed by atoms with van der Waals surface area (Å²) < 4.78 is 0. The molecule has 0 aromatic carbocycles. The molecule has 0 aromatic rings. The van der Waals surface area contributed by atoms with Crippen LogP contribution in [0.25, 0.3) is 0 Å². The van der Waals surface area contributed by atoms with Crippen LogP contribution in [0, 0.1) is 0 Å². The van der Waals surface area contributed by atoms with E-state index < -0.39 is 18.5 Å². The van der Waals surface area contributed by atoms with E-state index in [1.54, 1.807) is 6.08 Å². The predicted molar refractivity (Wildman–Crippen MR) is 47.9 cm³/mol. The minimum atomic E-state index is -1.19. The molecule has 0 aliphatic rings. The third kappa shape index (κ3) is 13.4. The van der Waals surface area contributed by atoms with Gasteiger partial charge in [-0.3, -0.25) is 4.79 Å². The van der Waals surface area contributed by atoms with E-state index in [-0.39, 0.29) is 0 Å². The van der Waals surface area contributed by atoms with E-state index >= 15 is 0 Å². The van der Waals surface area contributed by atoms with Gasteiger partial charge in [-0.15, -0.1) is 6.58 Å². The second-order valence-electron chi connectivity index (χ2n) is 2.01. The minimum absolute atomic E-state index is 0.403. The van der Waals surface area contributed by atoms with E-state index in [1.807, 2.05) is 0 Å². The topological polar surface area (TPSA) is 101 Å². The number of amides is 1. The number of carbonyl (C=O) groups excluding carboxylic acids is 1. The molecule has 1 amide bonds. The molecule has 0 aliphatic heterocycles. The Morgan fingerprint density at radius 2 is 1.85 bits per heavy atom. The first kappa shape index (κ1) is 13.9. The molecule has 0 spiro atoms. The summed E-state index contributed by atoms with van der Waals surface area (Å²) in [6.07, 6.45) is 2.07. The highest BCUT2D eigenvalue weighted by Gasteiger charge is 1.95. The van der Waals surface area contributed by atoms with Crippen molar-refractivity contribution in [2.75, 3.05) is 6.61 Å². The summed E-state index contributed by atoms with van der Waals surface area (Å²) in [5.74, 6) is -1.64. The van der Waals surface area contributed by atoms with Crippen molar-refractivity contribution in [1.29, 1.82) is 0 Å². The van der Waals surface area contributed by atoms with Crippen LogP contribution in [0.15, 0.2) is 24.8 Å². The maximum Gasteiger partial charge on any atom is 0.329 e. The van der Waals surface area contributed by atoms with Crippen LogP contribution in [-0.2, 0) is 9.59 Å². The maximum atomic E-state index is 10.2. The highest BCUT2D eigenvalue weighted by Crippen LogP contribution is 1.94. The van der Waals surface area contributed by atoms with E-state index in [0.29, 0.717) is 12.0 Å². The Balaban J connectivity index is 0. The summed E-state index contributed by atoms with van der Waals surface area (Å²) in [7, 11) is 0. The van der Waals surface area contributed by atoms with Gasteiger partial charge in [-0.05, 0) is 6.42 Å². The maximum absolute atomic E-state index is 10.2. The molecule has 5 nitrogen and oxygen atoms in total. The van der Waals surface area contributed by atoms with Gasteiger partial charge in [0.1, 0.15) is 6.61 Å². The first-order valence-corrected chi connectivity index (χ1v) is 3.36. The standard InChI is InChI=1S/C6H9NO.C2H4O3/c1-3-4-5(2)6(7)8;3-1-2(4)5/h3H,1-2,4H2,(H2,7,8);3H,1H2,(H,4,5). The van der Waals surface area contributed by atoms with Gasteiger partial charge in [0.15, 0.2) is 0 Å². The van der Waals surface area contributed by atoms with Gasteiger partial charge in [-0.1, -0.05) is 12.7 Å². The highest BCUT2D eigenvalue weighted by molar-refractivity contribution is 5.91. The Labute approximate surface area is 76.2 Å². The van der Waals surface area contributed by atoms with Crippen LogP contribution < -0.4 is 5.73 Å². The van der Waals surface area contributed by atoms with Gasteiger partial charge in [0.05, 0.1) is 0 Å². The van der Waals surface area contributed by atoms with Crippen LogP contribution in [0.5, 0.6) is 0 Å². The number of primary amides is 1. The smallest absolute Gasteiger partial charge is 0.329 e. The molecular weight excluding hydrogens is 174 g/mol. The van der Waals surface area contributed by atoms with Crippen molar-refractivity contribution in [2.24, 2.45) is 5.73 Å². The molecular formula is C8H13NO4. The molecule has 0 radical (unpaired) electrons. The normalized spacial score (nSPS) is 7.77. The van der Waals surface area contributed by atoms with E-state index in [1.165, 1.54) is 0 Å². The fraction of sp³-hybridized carbons (Fsp3) is 0.250. The van der Waals surface area contributed by atoms with Gasteiger partial charge >= 0.3 is 5.97 Å². The van der Waals surface area contributed by atoms with Crippen molar-refractivity contribution >= 4 is 11.9 Å². The van der Waals surface area contributed by atoms with Gasteiger partial charge in [0.25, 0.3) is 0 Å². The number of nitrogens with two attached hydrogens (primary N) is 1. The quantitative estimate of drug-likeness (QED) is 0.414. The van der Waals surface area contributed by atoms with Gasteiger partial charge in [0.2, 0.25) is 5.91 Å². The van der Waals surface area contributed by atoms with Crippen LogP contribution in [0.3, 0.4) is 0 Å². The Hall–Kier alpha value is -1.62.